The second-order valence-corrected chi connectivity index (χ2v) is 7.54. The van der Waals surface area contributed by atoms with Gasteiger partial charge in [0.05, 0.1) is 17.2 Å². The summed E-state index contributed by atoms with van der Waals surface area (Å²) in [6.07, 6.45) is 0.521. The van der Waals surface area contributed by atoms with E-state index in [1.54, 1.807) is 0 Å². The molecule has 2 heterocycles. The van der Waals surface area contributed by atoms with Crippen molar-refractivity contribution in [3.8, 4) is 12.1 Å². The van der Waals surface area contributed by atoms with Crippen LogP contribution in [0.4, 0.5) is 10.7 Å². The fourth-order valence-corrected chi connectivity index (χ4v) is 4.28. The molecule has 0 bridgehead atoms. The monoisotopic (exact) mass is 296 g/mol. The molecule has 1 aliphatic rings. The Labute approximate surface area is 115 Å². The fourth-order valence-electron chi connectivity index (χ4n) is 1.99. The maximum Gasteiger partial charge on any atom is 0.152 e. The van der Waals surface area contributed by atoms with Gasteiger partial charge in [-0.05, 0) is 6.42 Å². The van der Waals surface area contributed by atoms with E-state index in [1.165, 1.54) is 0 Å². The quantitative estimate of drug-likeness (QED) is 0.816. The summed E-state index contributed by atoms with van der Waals surface area (Å²) in [7, 11) is -3.00. The Morgan fingerprint density at radius 1 is 1.21 bits per heavy atom. The van der Waals surface area contributed by atoms with E-state index < -0.39 is 9.84 Å². The molecule has 0 spiro atoms. The van der Waals surface area contributed by atoms with Crippen molar-refractivity contribution in [2.24, 2.45) is 0 Å². The highest BCUT2D eigenvalue weighted by Crippen LogP contribution is 2.37. The van der Waals surface area contributed by atoms with E-state index in [2.05, 4.69) is 0 Å². The molecule has 1 aliphatic heterocycles. The lowest BCUT2D eigenvalue weighted by Crippen LogP contribution is -2.26. The molecule has 1 aromatic heterocycles. The van der Waals surface area contributed by atoms with Crippen LogP contribution in [0.5, 0.6) is 0 Å². The zero-order valence-corrected chi connectivity index (χ0v) is 11.7. The Kier molecular flexibility index (Phi) is 3.65. The van der Waals surface area contributed by atoms with E-state index in [9.17, 15) is 8.42 Å². The number of nitrogens with zero attached hydrogens (tertiary/aromatic N) is 3. The molecule has 0 amide bonds. The molecule has 19 heavy (non-hydrogen) atoms. The topological polar surface area (TPSA) is 111 Å². The van der Waals surface area contributed by atoms with E-state index in [0.717, 1.165) is 11.3 Å². The molecule has 0 aliphatic carbocycles. The SMILES string of the molecule is N#Cc1sc(N2CCCS(=O)(=O)CC2)c(C#N)c1N. The number of hydrogen-bond acceptors (Lipinski definition) is 7. The summed E-state index contributed by atoms with van der Waals surface area (Å²) in [5.74, 6) is 0.231. The maximum atomic E-state index is 11.6. The lowest BCUT2D eigenvalue weighted by molar-refractivity contribution is 0.597. The third kappa shape index (κ3) is 2.65. The normalized spacial score (nSPS) is 18.3. The van der Waals surface area contributed by atoms with Gasteiger partial charge in [-0.1, -0.05) is 0 Å². The second-order valence-electron chi connectivity index (χ2n) is 4.24. The summed E-state index contributed by atoms with van der Waals surface area (Å²) in [5.41, 5.74) is 6.22. The molecule has 2 rings (SSSR count). The summed E-state index contributed by atoms with van der Waals surface area (Å²) in [6, 6.07) is 3.96. The molecule has 100 valence electrons. The van der Waals surface area contributed by atoms with Gasteiger partial charge in [-0.2, -0.15) is 10.5 Å². The summed E-state index contributed by atoms with van der Waals surface area (Å²) in [5, 5.41) is 18.7. The van der Waals surface area contributed by atoms with Gasteiger partial charge in [0.2, 0.25) is 0 Å². The standard InChI is InChI=1S/C11H12N4O2S2/c12-6-8-10(14)9(7-13)18-11(8)15-2-1-4-19(16,17)5-3-15/h1-5,14H2. The molecular formula is C11H12N4O2S2. The highest BCUT2D eigenvalue weighted by molar-refractivity contribution is 7.91. The highest BCUT2D eigenvalue weighted by atomic mass is 32.2. The van der Waals surface area contributed by atoms with E-state index in [4.69, 9.17) is 16.3 Å². The molecule has 0 aromatic carbocycles. The van der Waals surface area contributed by atoms with Crippen molar-refractivity contribution in [3.63, 3.8) is 0 Å². The van der Waals surface area contributed by atoms with E-state index in [-0.39, 0.29) is 22.8 Å². The van der Waals surface area contributed by atoms with Crippen LogP contribution in [0.2, 0.25) is 0 Å². The number of nitrogen functional groups attached to an aromatic ring is 1. The third-order valence-electron chi connectivity index (χ3n) is 2.98. The van der Waals surface area contributed by atoms with Gasteiger partial charge in [0.1, 0.15) is 27.6 Å². The van der Waals surface area contributed by atoms with Crippen LogP contribution in [0.15, 0.2) is 0 Å². The highest BCUT2D eigenvalue weighted by Gasteiger charge is 2.25. The number of sulfone groups is 1. The molecule has 6 nitrogen and oxygen atoms in total. The zero-order valence-electron chi connectivity index (χ0n) is 10.1. The Morgan fingerprint density at radius 2 is 1.95 bits per heavy atom. The van der Waals surface area contributed by atoms with Crippen molar-refractivity contribution in [1.82, 2.24) is 0 Å². The minimum absolute atomic E-state index is 0.0670. The van der Waals surface area contributed by atoms with Crippen LogP contribution in [0.3, 0.4) is 0 Å². The third-order valence-corrected chi connectivity index (χ3v) is 5.87. The summed E-state index contributed by atoms with van der Waals surface area (Å²) >= 11 is 1.15. The molecule has 0 saturated carbocycles. The number of rotatable bonds is 1. The van der Waals surface area contributed by atoms with Gasteiger partial charge in [-0.3, -0.25) is 0 Å². The Hall–Kier alpha value is -1.77. The molecule has 0 atom stereocenters. The average Bonchev–Trinajstić information content (AvgIpc) is 2.57. The molecule has 0 radical (unpaired) electrons. The van der Waals surface area contributed by atoms with Crippen LogP contribution in [0, 0.1) is 22.7 Å². The summed E-state index contributed by atoms with van der Waals surface area (Å²) < 4.78 is 23.1. The van der Waals surface area contributed by atoms with E-state index in [1.807, 2.05) is 17.0 Å². The molecular weight excluding hydrogens is 284 g/mol. The molecule has 8 heteroatoms. The Balaban J connectivity index is 2.38. The molecule has 1 aromatic rings. The number of nitrogens with two attached hydrogens (primary N) is 1. The van der Waals surface area contributed by atoms with Crippen molar-refractivity contribution < 1.29 is 8.42 Å². The van der Waals surface area contributed by atoms with Crippen LogP contribution < -0.4 is 10.6 Å². The van der Waals surface area contributed by atoms with Crippen LogP contribution in [-0.2, 0) is 9.84 Å². The second kappa shape index (κ2) is 5.08. The minimum atomic E-state index is -3.00. The van der Waals surface area contributed by atoms with Crippen molar-refractivity contribution in [2.75, 3.05) is 35.2 Å². The number of thiophene rings is 1. The molecule has 2 N–H and O–H groups in total. The molecule has 0 unspecified atom stereocenters. The van der Waals surface area contributed by atoms with Gasteiger partial charge in [0, 0.05) is 13.1 Å². The first-order valence-electron chi connectivity index (χ1n) is 5.66. The van der Waals surface area contributed by atoms with Gasteiger partial charge < -0.3 is 10.6 Å². The van der Waals surface area contributed by atoms with Gasteiger partial charge in [-0.15, -0.1) is 11.3 Å². The average molecular weight is 296 g/mol. The lowest BCUT2D eigenvalue weighted by Gasteiger charge is -2.20. The Morgan fingerprint density at radius 3 is 2.58 bits per heavy atom. The first kappa shape index (κ1) is 13.7. The van der Waals surface area contributed by atoms with Crippen LogP contribution >= 0.6 is 11.3 Å². The number of nitriles is 2. The number of anilines is 2. The van der Waals surface area contributed by atoms with Crippen LogP contribution in [0.25, 0.3) is 0 Å². The lowest BCUT2D eigenvalue weighted by atomic mass is 10.2. The van der Waals surface area contributed by atoms with Crippen molar-refractivity contribution >= 4 is 31.9 Å². The predicted octanol–water partition coefficient (Wildman–Crippen LogP) is 0.699. The van der Waals surface area contributed by atoms with E-state index >= 15 is 0 Å². The van der Waals surface area contributed by atoms with Gasteiger partial charge in [0.15, 0.2) is 9.84 Å². The molecule has 1 fully saturated rings. The van der Waals surface area contributed by atoms with Crippen molar-refractivity contribution in [2.45, 2.75) is 6.42 Å². The fraction of sp³-hybridized carbons (Fsp3) is 0.455. The first-order valence-corrected chi connectivity index (χ1v) is 8.30. The first-order chi connectivity index (χ1) is 8.98. The van der Waals surface area contributed by atoms with Crippen molar-refractivity contribution in [3.05, 3.63) is 10.4 Å². The Bertz CT molecular complexity index is 679. The minimum Gasteiger partial charge on any atom is -0.396 e. The molecule has 1 saturated heterocycles. The van der Waals surface area contributed by atoms with Crippen LogP contribution in [-0.4, -0.2) is 33.0 Å². The van der Waals surface area contributed by atoms with E-state index in [0.29, 0.717) is 29.4 Å². The van der Waals surface area contributed by atoms with Gasteiger partial charge in [-0.25, -0.2) is 8.42 Å². The largest absolute Gasteiger partial charge is 0.396 e. The zero-order chi connectivity index (χ0) is 14.0. The smallest absolute Gasteiger partial charge is 0.152 e. The van der Waals surface area contributed by atoms with Crippen LogP contribution in [0.1, 0.15) is 16.9 Å². The van der Waals surface area contributed by atoms with Gasteiger partial charge >= 0.3 is 0 Å². The summed E-state index contributed by atoms with van der Waals surface area (Å²) in [4.78, 5) is 2.14. The maximum absolute atomic E-state index is 11.6. The van der Waals surface area contributed by atoms with Gasteiger partial charge in [0.25, 0.3) is 0 Å². The summed E-state index contributed by atoms with van der Waals surface area (Å²) in [6.45, 7) is 0.889. The number of hydrogen-bond donors (Lipinski definition) is 1. The predicted molar refractivity (Wildman–Crippen MR) is 73.6 cm³/mol. The van der Waals surface area contributed by atoms with Crippen molar-refractivity contribution in [1.29, 1.82) is 10.5 Å².